The zero-order valence-electron chi connectivity index (χ0n) is 9.79. The molecule has 0 saturated heterocycles. The van der Waals surface area contributed by atoms with Gasteiger partial charge in [0.25, 0.3) is 0 Å². The Kier molecular flexibility index (Phi) is 4.99. The summed E-state index contributed by atoms with van der Waals surface area (Å²) in [6, 6.07) is 3.79. The second kappa shape index (κ2) is 5.82. The molecule has 0 radical (unpaired) electrons. The van der Waals surface area contributed by atoms with Crippen LogP contribution in [0.5, 0.6) is 0 Å². The molecule has 1 aromatic rings. The Bertz CT molecular complexity index is 356. The van der Waals surface area contributed by atoms with E-state index in [4.69, 9.17) is 0 Å². The molecule has 0 unspecified atom stereocenters. The number of hydrogen-bond donors (Lipinski definition) is 0. The highest BCUT2D eigenvalue weighted by Gasteiger charge is 2.13. The zero-order chi connectivity index (χ0) is 12.2. The van der Waals surface area contributed by atoms with Crippen LogP contribution in [0, 0.1) is 0 Å². The summed E-state index contributed by atoms with van der Waals surface area (Å²) in [6.07, 6.45) is 2.15. The van der Waals surface area contributed by atoms with Gasteiger partial charge in [-0.3, -0.25) is 9.78 Å². The molecule has 1 rings (SSSR count). The number of hydrogen-bond acceptors (Lipinski definition) is 3. The van der Waals surface area contributed by atoms with E-state index in [1.807, 2.05) is 12.1 Å². The van der Waals surface area contributed by atoms with Gasteiger partial charge >= 0.3 is 0 Å². The Hall–Kier alpha value is -0.350. The third kappa shape index (κ3) is 5.66. The lowest BCUT2D eigenvalue weighted by molar-refractivity contribution is -0.116. The monoisotopic (exact) mass is 301 g/mol. The Morgan fingerprint density at radius 2 is 2.12 bits per heavy atom. The van der Waals surface area contributed by atoms with E-state index in [9.17, 15) is 4.79 Å². The number of Topliss-reactive ketones (excluding diaryl/α,β-unsaturated/α-hetero) is 1. The van der Waals surface area contributed by atoms with Gasteiger partial charge in [-0.05, 0) is 28.1 Å². The zero-order valence-corrected chi connectivity index (χ0v) is 12.2. The van der Waals surface area contributed by atoms with Gasteiger partial charge in [0.05, 0.1) is 5.75 Å². The largest absolute Gasteiger partial charge is 0.298 e. The first-order valence-electron chi connectivity index (χ1n) is 5.13. The van der Waals surface area contributed by atoms with Crippen molar-refractivity contribution < 1.29 is 4.79 Å². The summed E-state index contributed by atoms with van der Waals surface area (Å²) >= 11 is 4.99. The summed E-state index contributed by atoms with van der Waals surface area (Å²) in [5, 5.41) is 0. The van der Waals surface area contributed by atoms with Gasteiger partial charge < -0.3 is 0 Å². The molecule has 4 heteroatoms. The van der Waals surface area contributed by atoms with Crippen molar-refractivity contribution in [2.45, 2.75) is 31.9 Å². The van der Waals surface area contributed by atoms with Crippen LogP contribution in [-0.2, 0) is 11.2 Å². The van der Waals surface area contributed by atoms with Gasteiger partial charge in [-0.2, -0.15) is 0 Å². The van der Waals surface area contributed by atoms with E-state index in [-0.39, 0.29) is 10.5 Å². The third-order valence-electron chi connectivity index (χ3n) is 1.83. The number of carbonyl (C=O) groups is 1. The molecule has 0 aliphatic heterocycles. The van der Waals surface area contributed by atoms with Gasteiger partial charge in [0.2, 0.25) is 0 Å². The lowest BCUT2D eigenvalue weighted by Gasteiger charge is -2.16. The Balaban J connectivity index is 2.43. The van der Waals surface area contributed by atoms with Gasteiger partial charge in [0, 0.05) is 27.5 Å². The minimum Gasteiger partial charge on any atom is -0.298 e. The maximum atomic E-state index is 11.7. The molecular formula is C12H16BrNOS. The number of halogens is 1. The first-order chi connectivity index (χ1) is 7.37. The number of aromatic nitrogens is 1. The van der Waals surface area contributed by atoms with Crippen LogP contribution < -0.4 is 0 Å². The molecule has 0 aromatic carbocycles. The molecule has 0 spiro atoms. The molecule has 0 bridgehead atoms. The van der Waals surface area contributed by atoms with Crippen LogP contribution in [0.1, 0.15) is 26.5 Å². The lowest BCUT2D eigenvalue weighted by Crippen LogP contribution is -2.14. The number of ketones is 1. The van der Waals surface area contributed by atoms with Crippen molar-refractivity contribution in [2.75, 3.05) is 5.75 Å². The molecule has 0 fully saturated rings. The Labute approximate surface area is 109 Å². The molecule has 2 nitrogen and oxygen atoms in total. The van der Waals surface area contributed by atoms with Crippen molar-refractivity contribution in [1.29, 1.82) is 0 Å². The first-order valence-corrected chi connectivity index (χ1v) is 6.91. The van der Waals surface area contributed by atoms with Crippen molar-refractivity contribution in [2.24, 2.45) is 0 Å². The van der Waals surface area contributed by atoms with E-state index < -0.39 is 0 Å². The second-order valence-corrected chi connectivity index (χ2v) is 7.30. The molecule has 0 saturated carbocycles. The van der Waals surface area contributed by atoms with E-state index in [1.54, 1.807) is 18.0 Å². The highest BCUT2D eigenvalue weighted by atomic mass is 79.9. The smallest absolute Gasteiger partial charge is 0.148 e. The number of pyridine rings is 1. The molecule has 0 N–H and O–H groups in total. The first kappa shape index (κ1) is 13.7. The molecule has 1 heterocycles. The highest BCUT2D eigenvalue weighted by Crippen LogP contribution is 2.23. The fourth-order valence-electron chi connectivity index (χ4n) is 1.06. The Morgan fingerprint density at radius 3 is 2.62 bits per heavy atom. The van der Waals surface area contributed by atoms with Crippen LogP contribution in [0.25, 0.3) is 0 Å². The summed E-state index contributed by atoms with van der Waals surface area (Å²) in [5.41, 5.74) is 0.836. The maximum absolute atomic E-state index is 11.7. The summed E-state index contributed by atoms with van der Waals surface area (Å²) in [7, 11) is 0. The molecule has 0 amide bonds. The summed E-state index contributed by atoms with van der Waals surface area (Å²) in [5.74, 6) is 0.788. The standard InChI is InChI=1S/C12H16BrNOS/c1-12(2,3)16-8-11(15)6-10-5-4-9(13)7-14-10/h4-5,7H,6,8H2,1-3H3. The van der Waals surface area contributed by atoms with Crippen LogP contribution in [0.3, 0.4) is 0 Å². The minimum absolute atomic E-state index is 0.142. The van der Waals surface area contributed by atoms with Crippen LogP contribution in [-0.4, -0.2) is 21.3 Å². The van der Waals surface area contributed by atoms with E-state index in [0.29, 0.717) is 12.2 Å². The lowest BCUT2D eigenvalue weighted by atomic mass is 10.2. The molecule has 88 valence electrons. The summed E-state index contributed by atoms with van der Waals surface area (Å²) < 4.78 is 1.08. The van der Waals surface area contributed by atoms with Crippen molar-refractivity contribution >= 4 is 33.5 Å². The van der Waals surface area contributed by atoms with Gasteiger partial charge in [0.15, 0.2) is 0 Å². The molecular weight excluding hydrogens is 286 g/mol. The number of carbonyl (C=O) groups excluding carboxylic acids is 1. The van der Waals surface area contributed by atoms with E-state index in [1.165, 1.54) is 0 Å². The van der Waals surface area contributed by atoms with E-state index in [2.05, 4.69) is 41.7 Å². The summed E-state index contributed by atoms with van der Waals surface area (Å²) in [6.45, 7) is 6.34. The number of rotatable bonds is 4. The predicted octanol–water partition coefficient (Wildman–Crippen LogP) is 3.49. The van der Waals surface area contributed by atoms with Crippen molar-refractivity contribution in [3.05, 3.63) is 28.5 Å². The van der Waals surface area contributed by atoms with E-state index >= 15 is 0 Å². The molecule has 1 aromatic heterocycles. The predicted molar refractivity (Wildman–Crippen MR) is 72.9 cm³/mol. The van der Waals surface area contributed by atoms with Gasteiger partial charge in [-0.25, -0.2) is 0 Å². The van der Waals surface area contributed by atoms with Gasteiger partial charge in [-0.1, -0.05) is 20.8 Å². The third-order valence-corrected chi connectivity index (χ3v) is 3.63. The molecule has 0 atom stereocenters. The SMILES string of the molecule is CC(C)(C)SCC(=O)Cc1ccc(Br)cn1. The average Bonchev–Trinajstić information content (AvgIpc) is 2.18. The van der Waals surface area contributed by atoms with Crippen molar-refractivity contribution in [3.63, 3.8) is 0 Å². The average molecular weight is 302 g/mol. The maximum Gasteiger partial charge on any atom is 0.148 e. The van der Waals surface area contributed by atoms with Crippen LogP contribution in [0.4, 0.5) is 0 Å². The fourth-order valence-corrected chi connectivity index (χ4v) is 1.99. The van der Waals surface area contributed by atoms with Crippen LogP contribution >= 0.6 is 27.7 Å². The highest BCUT2D eigenvalue weighted by molar-refractivity contribution is 9.10. The normalized spacial score (nSPS) is 11.5. The van der Waals surface area contributed by atoms with Gasteiger partial charge in [-0.15, -0.1) is 11.8 Å². The summed E-state index contributed by atoms with van der Waals surface area (Å²) in [4.78, 5) is 15.9. The second-order valence-electron chi connectivity index (χ2n) is 4.58. The molecule has 0 aliphatic carbocycles. The van der Waals surface area contributed by atoms with Crippen LogP contribution in [0.15, 0.2) is 22.8 Å². The number of thioether (sulfide) groups is 1. The van der Waals surface area contributed by atoms with Crippen molar-refractivity contribution in [3.8, 4) is 0 Å². The Morgan fingerprint density at radius 1 is 1.44 bits per heavy atom. The number of nitrogens with zero attached hydrogens (tertiary/aromatic N) is 1. The minimum atomic E-state index is 0.142. The fraction of sp³-hybridized carbons (Fsp3) is 0.500. The van der Waals surface area contributed by atoms with E-state index in [0.717, 1.165) is 10.2 Å². The quantitative estimate of drug-likeness (QED) is 0.853. The van der Waals surface area contributed by atoms with Crippen LogP contribution in [0.2, 0.25) is 0 Å². The molecule has 0 aliphatic rings. The topological polar surface area (TPSA) is 30.0 Å². The van der Waals surface area contributed by atoms with Crippen molar-refractivity contribution in [1.82, 2.24) is 4.98 Å². The molecule has 16 heavy (non-hydrogen) atoms. The van der Waals surface area contributed by atoms with Gasteiger partial charge in [0.1, 0.15) is 5.78 Å².